The van der Waals surface area contributed by atoms with Gasteiger partial charge in [0, 0.05) is 32.6 Å². The van der Waals surface area contributed by atoms with Crippen molar-refractivity contribution in [2.45, 2.75) is 52.4 Å². The van der Waals surface area contributed by atoms with Crippen LogP contribution in [0.5, 0.6) is 11.5 Å². The lowest BCUT2D eigenvalue weighted by atomic mass is 9.89. The average Bonchev–Trinajstić information content (AvgIpc) is 2.77. The molecule has 176 valence electrons. The first-order valence-corrected chi connectivity index (χ1v) is 11.3. The van der Waals surface area contributed by atoms with E-state index in [-0.39, 0.29) is 35.8 Å². The Bertz CT molecular complexity index is 679. The van der Waals surface area contributed by atoms with Crippen LogP contribution in [0, 0.1) is 5.92 Å². The van der Waals surface area contributed by atoms with Crippen LogP contribution in [0.25, 0.3) is 0 Å². The van der Waals surface area contributed by atoms with Crippen LogP contribution in [0.15, 0.2) is 23.2 Å². The maximum absolute atomic E-state index is 12.2. The van der Waals surface area contributed by atoms with Crippen LogP contribution in [0.2, 0.25) is 0 Å². The van der Waals surface area contributed by atoms with E-state index in [1.165, 1.54) is 24.8 Å². The minimum absolute atomic E-state index is 0. The Morgan fingerprint density at radius 2 is 1.61 bits per heavy atom. The van der Waals surface area contributed by atoms with Crippen molar-refractivity contribution >= 4 is 35.8 Å². The first-order valence-electron chi connectivity index (χ1n) is 11.3. The lowest BCUT2D eigenvalue weighted by Crippen LogP contribution is -2.43. The molecule has 1 aromatic carbocycles. The van der Waals surface area contributed by atoms with Gasteiger partial charge in [-0.2, -0.15) is 0 Å². The number of amides is 1. The van der Waals surface area contributed by atoms with Crippen molar-refractivity contribution in [3.63, 3.8) is 0 Å². The number of nitrogens with one attached hydrogen (secondary N) is 3. The lowest BCUT2D eigenvalue weighted by molar-refractivity contribution is -0.125. The van der Waals surface area contributed by atoms with Gasteiger partial charge in [-0.25, -0.2) is 0 Å². The second-order valence-electron chi connectivity index (χ2n) is 7.45. The third-order valence-electron chi connectivity index (χ3n) is 5.23. The van der Waals surface area contributed by atoms with Crippen molar-refractivity contribution in [2.75, 3.05) is 39.9 Å². The summed E-state index contributed by atoms with van der Waals surface area (Å²) in [5.74, 6) is 2.70. The maximum Gasteiger partial charge on any atom is 0.223 e. The Kier molecular flexibility index (Phi) is 14.1. The zero-order chi connectivity index (χ0) is 21.6. The number of guanidine groups is 1. The van der Waals surface area contributed by atoms with Crippen LogP contribution in [0.3, 0.4) is 0 Å². The highest BCUT2D eigenvalue weighted by atomic mass is 127. The predicted octanol–water partition coefficient (Wildman–Crippen LogP) is 3.51. The van der Waals surface area contributed by atoms with E-state index >= 15 is 0 Å². The SMILES string of the molecule is CCOc1ccc(CCNC(=NC)NCCNC(=O)C2CCCCC2)cc1OCC.I. The molecule has 0 unspecified atom stereocenters. The van der Waals surface area contributed by atoms with Crippen molar-refractivity contribution in [1.29, 1.82) is 0 Å². The van der Waals surface area contributed by atoms with E-state index in [4.69, 9.17) is 9.47 Å². The second-order valence-corrected chi connectivity index (χ2v) is 7.45. The van der Waals surface area contributed by atoms with Gasteiger partial charge in [0.15, 0.2) is 17.5 Å². The highest BCUT2D eigenvalue weighted by Crippen LogP contribution is 2.28. The largest absolute Gasteiger partial charge is 0.490 e. The minimum Gasteiger partial charge on any atom is -0.490 e. The fourth-order valence-corrected chi connectivity index (χ4v) is 3.67. The summed E-state index contributed by atoms with van der Waals surface area (Å²) >= 11 is 0. The second kappa shape index (κ2) is 16.0. The number of aliphatic imine (C=N–C) groups is 1. The highest BCUT2D eigenvalue weighted by molar-refractivity contribution is 14.0. The summed E-state index contributed by atoms with van der Waals surface area (Å²) < 4.78 is 11.3. The number of rotatable bonds is 11. The normalized spacial score (nSPS) is 14.4. The van der Waals surface area contributed by atoms with Gasteiger partial charge in [0.2, 0.25) is 5.91 Å². The molecule has 7 nitrogen and oxygen atoms in total. The molecule has 0 spiro atoms. The summed E-state index contributed by atoms with van der Waals surface area (Å²) in [4.78, 5) is 16.4. The monoisotopic (exact) mass is 546 g/mol. The first-order chi connectivity index (χ1) is 14.7. The number of hydrogen-bond donors (Lipinski definition) is 3. The summed E-state index contributed by atoms with van der Waals surface area (Å²) in [6.45, 7) is 7.15. The number of ether oxygens (including phenoxy) is 2. The number of carbonyl (C=O) groups is 1. The van der Waals surface area contributed by atoms with Crippen LogP contribution < -0.4 is 25.4 Å². The number of carbonyl (C=O) groups excluding carboxylic acids is 1. The van der Waals surface area contributed by atoms with Crippen molar-refractivity contribution in [3.05, 3.63) is 23.8 Å². The fourth-order valence-electron chi connectivity index (χ4n) is 3.67. The van der Waals surface area contributed by atoms with E-state index < -0.39 is 0 Å². The molecule has 1 saturated carbocycles. The number of nitrogens with zero attached hydrogens (tertiary/aromatic N) is 1. The average molecular weight is 546 g/mol. The molecule has 1 amide bonds. The molecule has 0 bridgehead atoms. The number of hydrogen-bond acceptors (Lipinski definition) is 4. The molecule has 0 aliphatic heterocycles. The summed E-state index contributed by atoms with van der Waals surface area (Å²) in [6.07, 6.45) is 6.50. The minimum atomic E-state index is 0. The van der Waals surface area contributed by atoms with Crippen LogP contribution in [0.4, 0.5) is 0 Å². The summed E-state index contributed by atoms with van der Waals surface area (Å²) in [5.41, 5.74) is 1.17. The molecule has 31 heavy (non-hydrogen) atoms. The fraction of sp³-hybridized carbons (Fsp3) is 0.652. The molecule has 1 aliphatic rings. The zero-order valence-corrected chi connectivity index (χ0v) is 21.5. The van der Waals surface area contributed by atoms with E-state index in [0.29, 0.717) is 26.3 Å². The van der Waals surface area contributed by atoms with Crippen molar-refractivity contribution in [3.8, 4) is 11.5 Å². The van der Waals surface area contributed by atoms with Crippen molar-refractivity contribution < 1.29 is 14.3 Å². The molecule has 1 fully saturated rings. The van der Waals surface area contributed by atoms with Gasteiger partial charge < -0.3 is 25.4 Å². The Morgan fingerprint density at radius 3 is 2.29 bits per heavy atom. The Morgan fingerprint density at radius 1 is 0.968 bits per heavy atom. The molecule has 2 rings (SSSR count). The summed E-state index contributed by atoms with van der Waals surface area (Å²) in [5, 5.41) is 9.60. The van der Waals surface area contributed by atoms with Gasteiger partial charge >= 0.3 is 0 Å². The van der Waals surface area contributed by atoms with E-state index in [1.807, 2.05) is 26.0 Å². The van der Waals surface area contributed by atoms with E-state index in [2.05, 4.69) is 27.0 Å². The van der Waals surface area contributed by atoms with E-state index in [1.54, 1.807) is 7.05 Å². The van der Waals surface area contributed by atoms with Crippen LogP contribution in [-0.4, -0.2) is 51.8 Å². The molecular formula is C23H39IN4O3. The molecule has 3 N–H and O–H groups in total. The van der Waals surface area contributed by atoms with Crippen LogP contribution >= 0.6 is 24.0 Å². The molecule has 0 atom stereocenters. The third-order valence-corrected chi connectivity index (χ3v) is 5.23. The molecule has 0 heterocycles. The lowest BCUT2D eigenvalue weighted by Gasteiger charge is -2.21. The molecule has 8 heteroatoms. The van der Waals surface area contributed by atoms with Crippen LogP contribution in [-0.2, 0) is 11.2 Å². The molecule has 0 saturated heterocycles. The maximum atomic E-state index is 12.2. The van der Waals surface area contributed by atoms with Gasteiger partial charge in [0.1, 0.15) is 0 Å². The molecule has 1 aromatic rings. The van der Waals surface area contributed by atoms with Gasteiger partial charge in [-0.3, -0.25) is 9.79 Å². The third kappa shape index (κ3) is 9.97. The number of halogens is 1. The Balaban J connectivity index is 0.00000480. The first kappa shape index (κ1) is 27.3. The Labute approximate surface area is 204 Å². The van der Waals surface area contributed by atoms with Gasteiger partial charge in [-0.1, -0.05) is 25.3 Å². The number of benzene rings is 1. The quantitative estimate of drug-likeness (QED) is 0.171. The predicted molar refractivity (Wildman–Crippen MR) is 137 cm³/mol. The summed E-state index contributed by atoms with van der Waals surface area (Å²) in [7, 11) is 1.75. The van der Waals surface area contributed by atoms with Gasteiger partial charge in [0.05, 0.1) is 13.2 Å². The van der Waals surface area contributed by atoms with Gasteiger partial charge in [-0.05, 0) is 50.8 Å². The molecule has 0 aromatic heterocycles. The summed E-state index contributed by atoms with van der Waals surface area (Å²) in [6, 6.07) is 6.06. The molecule has 0 radical (unpaired) electrons. The van der Waals surface area contributed by atoms with E-state index in [9.17, 15) is 4.79 Å². The standard InChI is InChI=1S/C23H38N4O3.HI/c1-4-29-20-12-11-18(17-21(20)30-5-2)13-14-26-23(24-3)27-16-15-25-22(28)19-9-7-6-8-10-19;/h11-12,17,19H,4-10,13-16H2,1-3H3,(H,25,28)(H2,24,26,27);1H. The van der Waals surface area contributed by atoms with Crippen molar-refractivity contribution in [2.24, 2.45) is 10.9 Å². The van der Waals surface area contributed by atoms with Crippen LogP contribution in [0.1, 0.15) is 51.5 Å². The topological polar surface area (TPSA) is 84.0 Å². The van der Waals surface area contributed by atoms with Gasteiger partial charge in [0.25, 0.3) is 0 Å². The molecular weight excluding hydrogens is 507 g/mol. The smallest absolute Gasteiger partial charge is 0.223 e. The van der Waals surface area contributed by atoms with E-state index in [0.717, 1.165) is 43.3 Å². The van der Waals surface area contributed by atoms with Gasteiger partial charge in [-0.15, -0.1) is 24.0 Å². The molecule has 1 aliphatic carbocycles. The zero-order valence-electron chi connectivity index (χ0n) is 19.2. The van der Waals surface area contributed by atoms with Crippen molar-refractivity contribution in [1.82, 2.24) is 16.0 Å². The Hall–Kier alpha value is -1.71. The highest BCUT2D eigenvalue weighted by Gasteiger charge is 2.20.